The topological polar surface area (TPSA) is 119 Å². The normalized spacial score (nSPS) is 11.5. The van der Waals surface area contributed by atoms with Crippen LogP contribution >= 0.6 is 11.6 Å². The second-order valence-electron chi connectivity index (χ2n) is 3.96. The monoisotopic (exact) mass is 338 g/mol. The minimum absolute atomic E-state index is 0.0901. The van der Waals surface area contributed by atoms with Gasteiger partial charge in [0.15, 0.2) is 0 Å². The van der Waals surface area contributed by atoms with E-state index in [2.05, 4.69) is 4.72 Å². The molecule has 0 aromatic heterocycles. The van der Waals surface area contributed by atoms with E-state index in [0.29, 0.717) is 6.42 Å². The Morgan fingerprint density at radius 1 is 1.38 bits per heavy atom. The molecule has 10 heteroatoms. The molecule has 118 valence electrons. The molecule has 0 spiro atoms. The number of hydrogen-bond donors (Lipinski definition) is 2. The molecular formula is C11H15ClN2O6S. The summed E-state index contributed by atoms with van der Waals surface area (Å²) in [7, 11) is -3.93. The van der Waals surface area contributed by atoms with Crippen molar-refractivity contribution in [2.75, 3.05) is 26.4 Å². The van der Waals surface area contributed by atoms with Gasteiger partial charge in [-0.2, -0.15) is 0 Å². The SMILES string of the molecule is O=[N+]([O-])c1ccc(Cl)c(S(=O)(=O)NCCCOCCO)c1. The zero-order valence-corrected chi connectivity index (χ0v) is 12.6. The zero-order chi connectivity index (χ0) is 15.9. The fourth-order valence-corrected chi connectivity index (χ4v) is 3.03. The van der Waals surface area contributed by atoms with E-state index in [1.165, 1.54) is 6.07 Å². The largest absolute Gasteiger partial charge is 0.394 e. The van der Waals surface area contributed by atoms with E-state index in [9.17, 15) is 18.5 Å². The summed E-state index contributed by atoms with van der Waals surface area (Å²) in [5, 5.41) is 19.1. The van der Waals surface area contributed by atoms with Crippen molar-refractivity contribution in [1.29, 1.82) is 0 Å². The third kappa shape index (κ3) is 5.56. The molecule has 0 heterocycles. The van der Waals surface area contributed by atoms with Crippen molar-refractivity contribution < 1.29 is 23.2 Å². The minimum Gasteiger partial charge on any atom is -0.394 e. The third-order valence-electron chi connectivity index (χ3n) is 2.41. The molecule has 21 heavy (non-hydrogen) atoms. The lowest BCUT2D eigenvalue weighted by molar-refractivity contribution is -0.385. The molecule has 1 aromatic rings. The summed E-state index contributed by atoms with van der Waals surface area (Å²) >= 11 is 5.77. The summed E-state index contributed by atoms with van der Waals surface area (Å²) in [6.45, 7) is 0.455. The van der Waals surface area contributed by atoms with Crippen molar-refractivity contribution in [3.05, 3.63) is 33.3 Å². The van der Waals surface area contributed by atoms with E-state index >= 15 is 0 Å². The number of nitrogens with one attached hydrogen (secondary N) is 1. The molecule has 0 aliphatic carbocycles. The van der Waals surface area contributed by atoms with Crippen LogP contribution in [0.25, 0.3) is 0 Å². The van der Waals surface area contributed by atoms with Crippen LogP contribution in [0.15, 0.2) is 23.1 Å². The zero-order valence-electron chi connectivity index (χ0n) is 11.0. The van der Waals surface area contributed by atoms with Crippen molar-refractivity contribution in [2.45, 2.75) is 11.3 Å². The number of aliphatic hydroxyl groups is 1. The summed E-state index contributed by atoms with van der Waals surface area (Å²) in [4.78, 5) is 9.63. The Morgan fingerprint density at radius 2 is 2.10 bits per heavy atom. The first-order valence-electron chi connectivity index (χ1n) is 6.00. The molecule has 0 amide bonds. The first kappa shape index (κ1) is 17.8. The molecule has 0 atom stereocenters. The predicted molar refractivity (Wildman–Crippen MR) is 75.8 cm³/mol. The maximum absolute atomic E-state index is 12.0. The van der Waals surface area contributed by atoms with Gasteiger partial charge in [-0.25, -0.2) is 13.1 Å². The van der Waals surface area contributed by atoms with Crippen LogP contribution in [-0.2, 0) is 14.8 Å². The number of rotatable bonds is 9. The van der Waals surface area contributed by atoms with Gasteiger partial charge < -0.3 is 9.84 Å². The molecule has 0 bridgehead atoms. The second-order valence-corrected chi connectivity index (χ2v) is 6.10. The highest BCUT2D eigenvalue weighted by Crippen LogP contribution is 2.25. The molecule has 0 saturated heterocycles. The Bertz CT molecular complexity index is 592. The van der Waals surface area contributed by atoms with Crippen LogP contribution in [0.4, 0.5) is 5.69 Å². The molecule has 0 radical (unpaired) electrons. The fraction of sp³-hybridized carbons (Fsp3) is 0.455. The molecule has 0 unspecified atom stereocenters. The average Bonchev–Trinajstić information content (AvgIpc) is 2.42. The van der Waals surface area contributed by atoms with Gasteiger partial charge in [-0.1, -0.05) is 11.6 Å². The van der Waals surface area contributed by atoms with Gasteiger partial charge in [0.1, 0.15) is 4.90 Å². The Balaban J connectivity index is 2.70. The number of nitro groups is 1. The molecule has 0 aliphatic rings. The molecule has 0 fully saturated rings. The van der Waals surface area contributed by atoms with Crippen LogP contribution in [0.2, 0.25) is 5.02 Å². The number of sulfonamides is 1. The minimum atomic E-state index is -3.93. The third-order valence-corrected chi connectivity index (χ3v) is 4.35. The van der Waals surface area contributed by atoms with Crippen LogP contribution in [0, 0.1) is 10.1 Å². The van der Waals surface area contributed by atoms with Gasteiger partial charge >= 0.3 is 0 Å². The van der Waals surface area contributed by atoms with Crippen LogP contribution in [0.5, 0.6) is 0 Å². The highest BCUT2D eigenvalue weighted by molar-refractivity contribution is 7.89. The summed E-state index contributed by atoms with van der Waals surface area (Å²) < 4.78 is 31.3. The number of halogens is 1. The smallest absolute Gasteiger partial charge is 0.270 e. The molecule has 2 N–H and O–H groups in total. The van der Waals surface area contributed by atoms with Gasteiger partial charge in [-0.3, -0.25) is 10.1 Å². The van der Waals surface area contributed by atoms with Crippen LogP contribution in [-0.4, -0.2) is 44.8 Å². The van der Waals surface area contributed by atoms with Gasteiger partial charge in [0.25, 0.3) is 5.69 Å². The van der Waals surface area contributed by atoms with E-state index < -0.39 is 14.9 Å². The standard InChI is InChI=1S/C11H15ClN2O6S/c12-10-3-2-9(14(16)17)8-11(10)21(18,19)13-4-1-6-20-7-5-15/h2-3,8,13,15H,1,4-7H2. The van der Waals surface area contributed by atoms with Crippen molar-refractivity contribution in [2.24, 2.45) is 0 Å². The predicted octanol–water partition coefficient (Wildman–Crippen LogP) is 0.926. The maximum atomic E-state index is 12.0. The fourth-order valence-electron chi connectivity index (χ4n) is 1.44. The highest BCUT2D eigenvalue weighted by atomic mass is 35.5. The van der Waals surface area contributed by atoms with Gasteiger partial charge in [-0.05, 0) is 12.5 Å². The molecule has 0 aliphatic heterocycles. The second kappa shape index (κ2) is 8.25. The molecular weight excluding hydrogens is 324 g/mol. The molecule has 1 rings (SSSR count). The lowest BCUT2D eigenvalue weighted by Gasteiger charge is -2.08. The number of benzene rings is 1. The maximum Gasteiger partial charge on any atom is 0.270 e. The van der Waals surface area contributed by atoms with Gasteiger partial charge in [0.05, 0.1) is 23.2 Å². The number of nitrogens with zero attached hydrogens (tertiary/aromatic N) is 1. The molecule has 1 aromatic carbocycles. The summed E-state index contributed by atoms with van der Waals surface area (Å²) in [5.41, 5.74) is -0.356. The van der Waals surface area contributed by atoms with Crippen molar-refractivity contribution in [3.63, 3.8) is 0 Å². The quantitative estimate of drug-likeness (QED) is 0.392. The average molecular weight is 339 g/mol. The lowest BCUT2D eigenvalue weighted by atomic mass is 10.3. The van der Waals surface area contributed by atoms with Crippen LogP contribution in [0.3, 0.4) is 0 Å². The van der Waals surface area contributed by atoms with Crippen molar-refractivity contribution in [3.8, 4) is 0 Å². The first-order chi connectivity index (χ1) is 9.88. The number of aliphatic hydroxyl groups excluding tert-OH is 1. The Morgan fingerprint density at radius 3 is 2.71 bits per heavy atom. The summed E-state index contributed by atoms with van der Waals surface area (Å²) in [5.74, 6) is 0. The summed E-state index contributed by atoms with van der Waals surface area (Å²) in [6, 6.07) is 3.20. The van der Waals surface area contributed by atoms with E-state index in [1.54, 1.807) is 0 Å². The van der Waals surface area contributed by atoms with Crippen LogP contribution in [0.1, 0.15) is 6.42 Å². The van der Waals surface area contributed by atoms with E-state index in [1.807, 2.05) is 0 Å². The highest BCUT2D eigenvalue weighted by Gasteiger charge is 2.21. The number of non-ortho nitro benzene ring substituents is 1. The van der Waals surface area contributed by atoms with Gasteiger partial charge in [-0.15, -0.1) is 0 Å². The van der Waals surface area contributed by atoms with E-state index in [0.717, 1.165) is 12.1 Å². The van der Waals surface area contributed by atoms with Crippen molar-refractivity contribution >= 4 is 27.3 Å². The number of nitro benzene ring substituents is 1. The Hall–Kier alpha value is -1.26. The molecule has 8 nitrogen and oxygen atoms in total. The first-order valence-corrected chi connectivity index (χ1v) is 7.87. The van der Waals surface area contributed by atoms with Gasteiger partial charge in [0, 0.05) is 25.3 Å². The number of hydrogen-bond acceptors (Lipinski definition) is 6. The van der Waals surface area contributed by atoms with Crippen molar-refractivity contribution in [1.82, 2.24) is 4.72 Å². The lowest BCUT2D eigenvalue weighted by Crippen LogP contribution is -2.26. The van der Waals surface area contributed by atoms with Gasteiger partial charge in [0.2, 0.25) is 10.0 Å². The van der Waals surface area contributed by atoms with Crippen LogP contribution < -0.4 is 4.72 Å². The van der Waals surface area contributed by atoms with E-state index in [-0.39, 0.29) is 42.0 Å². The summed E-state index contributed by atoms with van der Waals surface area (Å²) in [6.07, 6.45) is 0.395. The Kier molecular flexibility index (Phi) is 6.99. The van der Waals surface area contributed by atoms with E-state index in [4.69, 9.17) is 21.4 Å². The Labute approximate surface area is 126 Å². The molecule has 0 saturated carbocycles. The number of ether oxygens (including phenoxy) is 1.